The van der Waals surface area contributed by atoms with Gasteiger partial charge < -0.3 is 4.90 Å². The molecule has 3 heterocycles. The summed E-state index contributed by atoms with van der Waals surface area (Å²) in [4.78, 5) is 2.87. The van der Waals surface area contributed by atoms with Gasteiger partial charge in [-0.25, -0.2) is 0 Å². The molecule has 0 amide bonds. The second kappa shape index (κ2) is 11.1. The maximum atomic E-state index is 2.87. The van der Waals surface area contributed by atoms with Crippen molar-refractivity contribution in [2.75, 3.05) is 4.90 Å². The number of nitrogens with zero attached hydrogens (tertiary/aromatic N) is 1. The first-order valence-corrected chi connectivity index (χ1v) is 18.8. The van der Waals surface area contributed by atoms with Gasteiger partial charge in [0.1, 0.15) is 0 Å². The number of para-hydroxylation sites is 1. The first kappa shape index (κ1) is 33.3. The largest absolute Gasteiger partial charge is 0.353 e. The highest BCUT2D eigenvalue weighted by molar-refractivity contribution is 6.97. The Bertz CT molecular complexity index is 1780. The molecular formula is C46H57BN. The van der Waals surface area contributed by atoms with E-state index in [0.717, 1.165) is 19.3 Å². The summed E-state index contributed by atoms with van der Waals surface area (Å²) < 4.78 is 0. The van der Waals surface area contributed by atoms with Gasteiger partial charge >= 0.3 is 0 Å². The van der Waals surface area contributed by atoms with Crippen molar-refractivity contribution in [3.8, 4) is 0 Å². The minimum Gasteiger partial charge on any atom is -0.353 e. The predicted octanol–water partition coefficient (Wildman–Crippen LogP) is 10.1. The van der Waals surface area contributed by atoms with Crippen LogP contribution in [0.15, 0.2) is 78.9 Å². The maximum Gasteiger partial charge on any atom is 0.242 e. The zero-order valence-electron chi connectivity index (χ0n) is 31.8. The maximum absolute atomic E-state index is 2.87. The minimum atomic E-state index is -0.116. The topological polar surface area (TPSA) is 3.24 Å². The lowest BCUT2D eigenvalue weighted by Crippen LogP contribution is -2.66. The molecule has 0 unspecified atom stereocenters. The molecule has 1 fully saturated rings. The standard InChI is InChI=1S/C46H57BN/c1-13-46(14-2)28-43(7,8)48(41-32(29(3)4)20-19-21-33(41)30(5)6)42(46)31-26-36-40-37(27-31)45(11,12)35-23-16-18-25-39(35)47(40)38-24-17-15-22-34(38)44(36,9)10/h15-27,29-30H,13-14,28H2,1-12H3. The molecule has 7 rings (SSSR count). The SMILES string of the molecule is CCC1(CC)CC(C)(C)N(c2c(C(C)C)cccc2C(C)C)[C]1c1cc2c3c(c1)C(C)(C)c1ccccc1B3c1ccccc1C2(C)C. The Kier molecular flexibility index (Phi) is 7.71. The molecule has 1 nitrogen and oxygen atoms in total. The van der Waals surface area contributed by atoms with E-state index in [1.165, 1.54) is 55.6 Å². The third-order valence-corrected chi connectivity index (χ3v) is 13.0. The summed E-state index contributed by atoms with van der Waals surface area (Å²) in [7, 11) is 0. The molecule has 0 saturated carbocycles. The van der Waals surface area contributed by atoms with E-state index in [-0.39, 0.29) is 28.5 Å². The summed E-state index contributed by atoms with van der Waals surface area (Å²) >= 11 is 0. The highest BCUT2D eigenvalue weighted by Gasteiger charge is 2.57. The number of hydrogen-bond acceptors (Lipinski definition) is 1. The van der Waals surface area contributed by atoms with Crippen LogP contribution >= 0.6 is 0 Å². The van der Waals surface area contributed by atoms with Crippen LogP contribution in [0.3, 0.4) is 0 Å². The lowest BCUT2D eigenvalue weighted by atomic mass is 9.27. The summed E-state index contributed by atoms with van der Waals surface area (Å²) in [5.74, 6) is 0.871. The highest BCUT2D eigenvalue weighted by Crippen LogP contribution is 2.61. The molecule has 0 aliphatic carbocycles. The van der Waals surface area contributed by atoms with Crippen LogP contribution in [0.5, 0.6) is 0 Å². The smallest absolute Gasteiger partial charge is 0.242 e. The Morgan fingerprint density at radius 2 is 1.08 bits per heavy atom. The molecule has 0 spiro atoms. The molecule has 3 aliphatic heterocycles. The molecular weight excluding hydrogens is 577 g/mol. The van der Waals surface area contributed by atoms with Gasteiger partial charge in [0.15, 0.2) is 0 Å². The van der Waals surface area contributed by atoms with Crippen molar-refractivity contribution in [3.63, 3.8) is 0 Å². The van der Waals surface area contributed by atoms with Crippen molar-refractivity contribution in [3.05, 3.63) is 124 Å². The van der Waals surface area contributed by atoms with E-state index < -0.39 is 0 Å². The van der Waals surface area contributed by atoms with Gasteiger partial charge in [-0.15, -0.1) is 0 Å². The lowest BCUT2D eigenvalue weighted by molar-refractivity contribution is 0.284. The molecule has 0 atom stereocenters. The average molecular weight is 635 g/mol. The van der Waals surface area contributed by atoms with Crippen molar-refractivity contribution in [1.82, 2.24) is 0 Å². The Hall–Kier alpha value is -3.26. The fourth-order valence-corrected chi connectivity index (χ4v) is 10.5. The molecule has 249 valence electrons. The molecule has 3 aliphatic rings. The molecule has 48 heavy (non-hydrogen) atoms. The van der Waals surface area contributed by atoms with Crippen LogP contribution in [-0.2, 0) is 10.8 Å². The van der Waals surface area contributed by atoms with Crippen LogP contribution in [0.1, 0.15) is 153 Å². The highest BCUT2D eigenvalue weighted by atomic mass is 15.3. The number of hydrogen-bond donors (Lipinski definition) is 0. The molecule has 2 heteroatoms. The van der Waals surface area contributed by atoms with Gasteiger partial charge in [0.05, 0.1) is 6.04 Å². The minimum absolute atomic E-state index is 0.0319. The van der Waals surface area contributed by atoms with Crippen molar-refractivity contribution < 1.29 is 0 Å². The van der Waals surface area contributed by atoms with Crippen LogP contribution in [-0.4, -0.2) is 12.3 Å². The Balaban J connectivity index is 1.59. The quantitative estimate of drug-likeness (QED) is 0.191. The van der Waals surface area contributed by atoms with Crippen molar-refractivity contribution in [2.45, 2.75) is 131 Å². The first-order valence-electron chi connectivity index (χ1n) is 18.8. The number of rotatable bonds is 6. The second-order valence-corrected chi connectivity index (χ2v) is 17.6. The van der Waals surface area contributed by atoms with Crippen LogP contribution in [0.2, 0.25) is 0 Å². The van der Waals surface area contributed by atoms with Gasteiger partial charge in [-0.2, -0.15) is 0 Å². The van der Waals surface area contributed by atoms with E-state index in [4.69, 9.17) is 0 Å². The van der Waals surface area contributed by atoms with E-state index in [2.05, 4.69) is 167 Å². The van der Waals surface area contributed by atoms with Gasteiger partial charge in [0.25, 0.3) is 0 Å². The fourth-order valence-electron chi connectivity index (χ4n) is 10.5. The van der Waals surface area contributed by atoms with Crippen molar-refractivity contribution >= 4 is 28.8 Å². The Labute approximate surface area is 292 Å². The monoisotopic (exact) mass is 634 g/mol. The van der Waals surface area contributed by atoms with Gasteiger partial charge in [-0.05, 0) is 83.9 Å². The van der Waals surface area contributed by atoms with Crippen LogP contribution in [0, 0.1) is 11.5 Å². The Morgan fingerprint density at radius 1 is 0.625 bits per heavy atom. The van der Waals surface area contributed by atoms with Crippen LogP contribution < -0.4 is 21.3 Å². The van der Waals surface area contributed by atoms with Crippen molar-refractivity contribution in [2.24, 2.45) is 5.41 Å². The predicted molar refractivity (Wildman–Crippen MR) is 209 cm³/mol. The number of anilines is 1. The van der Waals surface area contributed by atoms with Crippen LogP contribution in [0.25, 0.3) is 0 Å². The number of fused-ring (bicyclic) bond motifs is 4. The molecule has 4 aromatic rings. The molecule has 0 bridgehead atoms. The van der Waals surface area contributed by atoms with Gasteiger partial charge in [0.2, 0.25) is 6.71 Å². The third kappa shape index (κ3) is 4.49. The summed E-state index contributed by atoms with van der Waals surface area (Å²) in [6.07, 6.45) is 3.42. The normalized spacial score (nSPS) is 19.8. The molecule has 1 radical (unpaired) electrons. The Morgan fingerprint density at radius 3 is 1.52 bits per heavy atom. The fraction of sp³-hybridized carbons (Fsp3) is 0.457. The van der Waals surface area contributed by atoms with E-state index in [9.17, 15) is 0 Å². The molecule has 0 aromatic heterocycles. The third-order valence-electron chi connectivity index (χ3n) is 13.0. The summed E-state index contributed by atoms with van der Waals surface area (Å²) in [6, 6.07) is 32.6. The molecule has 0 N–H and O–H groups in total. The molecule has 4 aromatic carbocycles. The summed E-state index contributed by atoms with van der Waals surface area (Å²) in [5, 5.41) is 0. The lowest BCUT2D eigenvalue weighted by Gasteiger charge is -2.48. The van der Waals surface area contributed by atoms with Gasteiger partial charge in [0, 0.05) is 27.5 Å². The second-order valence-electron chi connectivity index (χ2n) is 17.6. The van der Waals surface area contributed by atoms with E-state index in [1.807, 2.05) is 0 Å². The molecule has 1 saturated heterocycles. The van der Waals surface area contributed by atoms with Crippen LogP contribution in [0.4, 0.5) is 5.69 Å². The van der Waals surface area contributed by atoms with Crippen molar-refractivity contribution in [1.29, 1.82) is 0 Å². The summed E-state index contributed by atoms with van der Waals surface area (Å²) in [6.45, 7) is 29.6. The first-order chi connectivity index (χ1) is 22.6. The average Bonchev–Trinajstić information content (AvgIpc) is 3.30. The van der Waals surface area contributed by atoms with Gasteiger partial charge in [-0.3, -0.25) is 0 Å². The zero-order valence-corrected chi connectivity index (χ0v) is 31.8. The summed E-state index contributed by atoms with van der Waals surface area (Å²) in [5.41, 5.74) is 16.1. The van der Waals surface area contributed by atoms with Gasteiger partial charge in [-0.1, -0.05) is 164 Å². The van der Waals surface area contributed by atoms with E-state index >= 15 is 0 Å². The zero-order chi connectivity index (χ0) is 34.6. The van der Waals surface area contributed by atoms with E-state index in [0.29, 0.717) is 11.8 Å². The van der Waals surface area contributed by atoms with E-state index in [1.54, 1.807) is 11.5 Å². The number of benzene rings is 4.